The van der Waals surface area contributed by atoms with Crippen molar-refractivity contribution in [1.29, 1.82) is 0 Å². The molecule has 0 fully saturated rings. The molecule has 6 heteroatoms. The molecule has 96 valence electrons. The van der Waals surface area contributed by atoms with E-state index >= 15 is 0 Å². The van der Waals surface area contributed by atoms with Gasteiger partial charge in [0, 0.05) is 11.3 Å². The van der Waals surface area contributed by atoms with Crippen LogP contribution in [-0.2, 0) is 20.7 Å². The van der Waals surface area contributed by atoms with E-state index in [0.717, 1.165) is 17.0 Å². The Balaban J connectivity index is 2.29. The average molecular weight is 259 g/mol. The van der Waals surface area contributed by atoms with Crippen LogP contribution in [-0.4, -0.2) is 42.0 Å². The first kappa shape index (κ1) is 14.1. The van der Waals surface area contributed by atoms with E-state index in [1.165, 1.54) is 14.0 Å². The number of esters is 1. The summed E-state index contributed by atoms with van der Waals surface area (Å²) in [6.45, 7) is 3.68. The van der Waals surface area contributed by atoms with Gasteiger partial charge in [0.2, 0.25) is 0 Å². The molecule has 0 bridgehead atoms. The molecule has 1 aromatic rings. The van der Waals surface area contributed by atoms with Crippen LogP contribution in [0.4, 0.5) is 0 Å². The first-order chi connectivity index (χ1) is 7.97. The molecule has 0 saturated carbocycles. The van der Waals surface area contributed by atoms with Gasteiger partial charge in [-0.25, -0.2) is 9.78 Å². The molecule has 0 aliphatic rings. The summed E-state index contributed by atoms with van der Waals surface area (Å²) < 4.78 is 9.74. The van der Waals surface area contributed by atoms with E-state index in [1.807, 2.05) is 6.92 Å². The largest absolute Gasteiger partial charge is 0.467 e. The van der Waals surface area contributed by atoms with Gasteiger partial charge in [0.15, 0.2) is 5.60 Å². The van der Waals surface area contributed by atoms with E-state index < -0.39 is 11.6 Å². The van der Waals surface area contributed by atoms with E-state index in [2.05, 4.69) is 9.72 Å². The zero-order chi connectivity index (χ0) is 12.9. The number of hydrogen-bond donors (Lipinski definition) is 1. The number of carbonyl (C=O) groups is 1. The van der Waals surface area contributed by atoms with Crippen molar-refractivity contribution in [2.24, 2.45) is 0 Å². The molecule has 0 saturated heterocycles. The Labute approximate surface area is 104 Å². The van der Waals surface area contributed by atoms with Crippen molar-refractivity contribution in [2.45, 2.75) is 25.9 Å². The maximum absolute atomic E-state index is 11.2. The highest BCUT2D eigenvalue weighted by Gasteiger charge is 2.31. The number of aliphatic hydroxyl groups is 1. The number of aromatic nitrogens is 1. The van der Waals surface area contributed by atoms with Crippen LogP contribution in [0.25, 0.3) is 0 Å². The van der Waals surface area contributed by atoms with E-state index in [1.54, 1.807) is 16.8 Å². The second-order valence-corrected chi connectivity index (χ2v) is 4.87. The van der Waals surface area contributed by atoms with Gasteiger partial charge in [-0.3, -0.25) is 0 Å². The third-order valence-corrected chi connectivity index (χ3v) is 3.32. The van der Waals surface area contributed by atoms with E-state index in [4.69, 9.17) is 4.74 Å². The van der Waals surface area contributed by atoms with Crippen LogP contribution in [0, 0.1) is 6.92 Å². The van der Waals surface area contributed by atoms with Gasteiger partial charge in [0.25, 0.3) is 0 Å². The molecule has 1 unspecified atom stereocenters. The summed E-state index contributed by atoms with van der Waals surface area (Å²) in [6, 6.07) is 0. The summed E-state index contributed by atoms with van der Waals surface area (Å²) in [6.07, 6.45) is 0.730. The van der Waals surface area contributed by atoms with Gasteiger partial charge < -0.3 is 14.6 Å². The molecule has 1 atom stereocenters. The molecule has 0 aromatic carbocycles. The molecular formula is C11H17NO4S. The van der Waals surface area contributed by atoms with Gasteiger partial charge in [0.05, 0.1) is 31.5 Å². The molecule has 0 aliphatic carbocycles. The van der Waals surface area contributed by atoms with Crippen LogP contribution in [0.3, 0.4) is 0 Å². The van der Waals surface area contributed by atoms with Crippen molar-refractivity contribution in [3.05, 3.63) is 16.1 Å². The Morgan fingerprint density at radius 2 is 2.35 bits per heavy atom. The van der Waals surface area contributed by atoms with Crippen LogP contribution < -0.4 is 0 Å². The summed E-state index contributed by atoms with van der Waals surface area (Å²) in [5, 5.41) is 9.69. The smallest absolute Gasteiger partial charge is 0.339 e. The lowest BCUT2D eigenvalue weighted by Crippen LogP contribution is -2.41. The highest BCUT2D eigenvalue weighted by molar-refractivity contribution is 7.09. The minimum atomic E-state index is -1.59. The van der Waals surface area contributed by atoms with Crippen LogP contribution in [0.5, 0.6) is 0 Å². The first-order valence-electron chi connectivity index (χ1n) is 5.25. The summed E-state index contributed by atoms with van der Waals surface area (Å²) in [7, 11) is 1.23. The zero-order valence-electron chi connectivity index (χ0n) is 10.2. The van der Waals surface area contributed by atoms with Gasteiger partial charge >= 0.3 is 5.97 Å². The molecule has 0 aliphatic heterocycles. The van der Waals surface area contributed by atoms with Crippen molar-refractivity contribution in [3.63, 3.8) is 0 Å². The number of hydrogen-bond acceptors (Lipinski definition) is 6. The molecule has 0 spiro atoms. The topological polar surface area (TPSA) is 68.7 Å². The summed E-state index contributed by atoms with van der Waals surface area (Å²) in [5.41, 5.74) is 1.20. The van der Waals surface area contributed by atoms with Crippen LogP contribution in [0.15, 0.2) is 5.51 Å². The van der Waals surface area contributed by atoms with E-state index in [0.29, 0.717) is 6.61 Å². The lowest BCUT2D eigenvalue weighted by atomic mass is 10.1. The minimum absolute atomic E-state index is 0.0719. The molecule has 1 heterocycles. The Morgan fingerprint density at radius 1 is 1.65 bits per heavy atom. The summed E-state index contributed by atoms with van der Waals surface area (Å²) in [5.74, 6) is -0.688. The third-order valence-electron chi connectivity index (χ3n) is 2.33. The van der Waals surface area contributed by atoms with Gasteiger partial charge in [-0.05, 0) is 13.8 Å². The van der Waals surface area contributed by atoms with E-state index in [-0.39, 0.29) is 6.61 Å². The van der Waals surface area contributed by atoms with E-state index in [9.17, 15) is 9.90 Å². The van der Waals surface area contributed by atoms with Gasteiger partial charge in [0.1, 0.15) is 0 Å². The maximum Gasteiger partial charge on any atom is 0.339 e. The molecule has 1 rings (SSSR count). The molecular weight excluding hydrogens is 242 g/mol. The van der Waals surface area contributed by atoms with Gasteiger partial charge in [-0.15, -0.1) is 11.3 Å². The van der Waals surface area contributed by atoms with Gasteiger partial charge in [-0.1, -0.05) is 0 Å². The van der Waals surface area contributed by atoms with Crippen LogP contribution >= 0.6 is 11.3 Å². The number of carbonyl (C=O) groups excluding carboxylic acids is 1. The lowest BCUT2D eigenvalue weighted by molar-refractivity contribution is -0.166. The number of rotatable bonds is 6. The van der Waals surface area contributed by atoms with Gasteiger partial charge in [-0.2, -0.15) is 0 Å². The summed E-state index contributed by atoms with van der Waals surface area (Å²) in [4.78, 5) is 16.4. The highest BCUT2D eigenvalue weighted by Crippen LogP contribution is 2.13. The second kappa shape index (κ2) is 6.09. The predicted molar refractivity (Wildman–Crippen MR) is 64.0 cm³/mol. The number of ether oxygens (including phenoxy) is 2. The molecule has 0 amide bonds. The fourth-order valence-electron chi connectivity index (χ4n) is 1.28. The first-order valence-corrected chi connectivity index (χ1v) is 6.13. The number of aryl methyl sites for hydroxylation is 1. The molecule has 17 heavy (non-hydrogen) atoms. The van der Waals surface area contributed by atoms with Crippen molar-refractivity contribution >= 4 is 17.3 Å². The third kappa shape index (κ3) is 4.07. The fourth-order valence-corrected chi connectivity index (χ4v) is 2.04. The van der Waals surface area contributed by atoms with Crippen molar-refractivity contribution in [3.8, 4) is 0 Å². The van der Waals surface area contributed by atoms with Crippen molar-refractivity contribution in [1.82, 2.24) is 4.98 Å². The quantitative estimate of drug-likeness (QED) is 0.608. The fraction of sp³-hybridized carbons (Fsp3) is 0.636. The Hall–Kier alpha value is -0.980. The van der Waals surface area contributed by atoms with Crippen molar-refractivity contribution in [2.75, 3.05) is 20.3 Å². The highest BCUT2D eigenvalue weighted by atomic mass is 32.1. The van der Waals surface area contributed by atoms with Crippen molar-refractivity contribution < 1.29 is 19.4 Å². The Bertz CT molecular complexity index is 375. The van der Waals surface area contributed by atoms with Crippen LogP contribution in [0.2, 0.25) is 0 Å². The normalized spacial score (nSPS) is 14.4. The SMILES string of the molecule is COC(=O)C(C)(O)COCCc1scnc1C. The summed E-state index contributed by atoms with van der Waals surface area (Å²) >= 11 is 1.57. The maximum atomic E-state index is 11.2. The molecule has 1 N–H and O–H groups in total. The standard InChI is InChI=1S/C11H17NO4S/c1-8-9(17-7-12-8)4-5-16-6-11(2,14)10(13)15-3/h7,14H,4-6H2,1-3H3. The molecule has 1 aromatic heterocycles. The average Bonchev–Trinajstić information content (AvgIpc) is 2.69. The number of methoxy groups -OCH3 is 1. The monoisotopic (exact) mass is 259 g/mol. The minimum Gasteiger partial charge on any atom is -0.467 e. The zero-order valence-corrected chi connectivity index (χ0v) is 11.0. The lowest BCUT2D eigenvalue weighted by Gasteiger charge is -2.19. The molecule has 0 radical (unpaired) electrons. The number of thiazole rings is 1. The second-order valence-electron chi connectivity index (χ2n) is 3.93. The molecule has 5 nitrogen and oxygen atoms in total. The Morgan fingerprint density at radius 3 is 2.88 bits per heavy atom. The Kier molecular flexibility index (Phi) is 5.04. The predicted octanol–water partition coefficient (Wildman–Crippen LogP) is 0.935. The number of nitrogens with zero attached hydrogens (tertiary/aromatic N) is 1. The van der Waals surface area contributed by atoms with Crippen LogP contribution in [0.1, 0.15) is 17.5 Å².